The van der Waals surface area contributed by atoms with E-state index in [1.54, 1.807) is 11.4 Å². The molecule has 0 unspecified atom stereocenters. The summed E-state index contributed by atoms with van der Waals surface area (Å²) in [7, 11) is 0. The summed E-state index contributed by atoms with van der Waals surface area (Å²) in [6, 6.07) is 9.15. The lowest BCUT2D eigenvalue weighted by Crippen LogP contribution is -1.91. The Bertz CT molecular complexity index is 522. The third-order valence-electron chi connectivity index (χ3n) is 1.87. The number of carbonyl (C=O) groups is 1. The zero-order valence-corrected chi connectivity index (χ0v) is 10.4. The highest BCUT2D eigenvalue weighted by Crippen LogP contribution is 2.36. The molecule has 5 heteroatoms. The first-order chi connectivity index (χ1) is 7.66. The van der Waals surface area contributed by atoms with Gasteiger partial charge in [0.2, 0.25) is 0 Å². The Morgan fingerprint density at radius 1 is 1.38 bits per heavy atom. The second-order valence-corrected chi connectivity index (χ2v) is 5.65. The summed E-state index contributed by atoms with van der Waals surface area (Å²) < 4.78 is 0.922. The standard InChI is InChI=1S/C11H7ClO2S2/c12-8-3-1-2-4-9(8)16-10-5-7(6-15-10)11(13)14/h1-6H,(H,13,14). The third kappa shape index (κ3) is 2.58. The highest BCUT2D eigenvalue weighted by Gasteiger charge is 2.08. The molecule has 0 spiro atoms. The molecule has 0 saturated heterocycles. The van der Waals surface area contributed by atoms with E-state index in [9.17, 15) is 4.79 Å². The minimum atomic E-state index is -0.901. The molecule has 0 atom stereocenters. The molecule has 0 amide bonds. The lowest BCUT2D eigenvalue weighted by Gasteiger charge is -2.00. The van der Waals surface area contributed by atoms with Crippen molar-refractivity contribution in [3.8, 4) is 0 Å². The molecule has 16 heavy (non-hydrogen) atoms. The SMILES string of the molecule is O=C(O)c1csc(Sc2ccccc2Cl)c1. The van der Waals surface area contributed by atoms with Crippen molar-refractivity contribution in [2.45, 2.75) is 9.10 Å². The molecular formula is C11H7ClO2S2. The number of carboxylic acid groups (broad SMARTS) is 1. The van der Waals surface area contributed by atoms with E-state index < -0.39 is 5.97 Å². The van der Waals surface area contributed by atoms with Crippen molar-refractivity contribution in [1.82, 2.24) is 0 Å². The number of halogens is 1. The first-order valence-electron chi connectivity index (χ1n) is 4.41. The minimum Gasteiger partial charge on any atom is -0.478 e. The molecule has 2 nitrogen and oxygen atoms in total. The highest BCUT2D eigenvalue weighted by atomic mass is 35.5. The van der Waals surface area contributed by atoms with E-state index in [4.69, 9.17) is 16.7 Å². The second-order valence-electron chi connectivity index (χ2n) is 2.99. The molecule has 1 heterocycles. The molecule has 1 N–H and O–H groups in total. The maximum atomic E-state index is 10.7. The second kappa shape index (κ2) is 4.91. The Morgan fingerprint density at radius 3 is 2.75 bits per heavy atom. The zero-order chi connectivity index (χ0) is 11.5. The van der Waals surface area contributed by atoms with Gasteiger partial charge in [0.1, 0.15) is 0 Å². The smallest absolute Gasteiger partial charge is 0.336 e. The maximum Gasteiger partial charge on any atom is 0.336 e. The monoisotopic (exact) mass is 270 g/mol. The summed E-state index contributed by atoms with van der Waals surface area (Å²) in [4.78, 5) is 11.6. The number of carboxylic acids is 1. The zero-order valence-electron chi connectivity index (χ0n) is 8.01. The molecule has 0 aliphatic rings. The van der Waals surface area contributed by atoms with E-state index in [0.717, 1.165) is 9.10 Å². The van der Waals surface area contributed by atoms with Crippen molar-refractivity contribution < 1.29 is 9.90 Å². The van der Waals surface area contributed by atoms with Crippen LogP contribution >= 0.6 is 34.7 Å². The average Bonchev–Trinajstić information content (AvgIpc) is 2.70. The molecular weight excluding hydrogens is 264 g/mol. The summed E-state index contributed by atoms with van der Waals surface area (Å²) >= 11 is 8.89. The Kier molecular flexibility index (Phi) is 3.53. The van der Waals surface area contributed by atoms with E-state index in [-0.39, 0.29) is 0 Å². The lowest BCUT2D eigenvalue weighted by molar-refractivity contribution is 0.0697. The van der Waals surface area contributed by atoms with Crippen LogP contribution in [0.1, 0.15) is 10.4 Å². The van der Waals surface area contributed by atoms with Gasteiger partial charge in [0.05, 0.1) is 14.8 Å². The quantitative estimate of drug-likeness (QED) is 0.906. The Labute approximate surface area is 106 Å². The van der Waals surface area contributed by atoms with Crippen molar-refractivity contribution in [3.63, 3.8) is 0 Å². The number of benzene rings is 1. The van der Waals surface area contributed by atoms with Crippen LogP contribution in [0.25, 0.3) is 0 Å². The van der Waals surface area contributed by atoms with E-state index in [0.29, 0.717) is 10.6 Å². The van der Waals surface area contributed by atoms with Gasteiger partial charge in [-0.05, 0) is 18.2 Å². The number of hydrogen-bond acceptors (Lipinski definition) is 3. The minimum absolute atomic E-state index is 0.319. The van der Waals surface area contributed by atoms with Crippen LogP contribution in [0.2, 0.25) is 5.02 Å². The van der Waals surface area contributed by atoms with Gasteiger partial charge < -0.3 is 5.11 Å². The Balaban J connectivity index is 2.21. The first kappa shape index (κ1) is 11.5. The number of hydrogen-bond donors (Lipinski definition) is 1. The topological polar surface area (TPSA) is 37.3 Å². The van der Waals surface area contributed by atoms with Crippen LogP contribution < -0.4 is 0 Å². The number of aromatic carboxylic acids is 1. The van der Waals surface area contributed by atoms with Crippen LogP contribution in [-0.2, 0) is 0 Å². The van der Waals surface area contributed by atoms with Crippen LogP contribution in [0.3, 0.4) is 0 Å². The van der Waals surface area contributed by atoms with Gasteiger partial charge in [0.15, 0.2) is 0 Å². The van der Waals surface area contributed by atoms with Crippen LogP contribution in [0.15, 0.2) is 44.8 Å². The van der Waals surface area contributed by atoms with Crippen LogP contribution in [0, 0.1) is 0 Å². The molecule has 2 rings (SSSR count). The predicted molar refractivity (Wildman–Crippen MR) is 66.9 cm³/mol. The van der Waals surface area contributed by atoms with Gasteiger partial charge in [0.25, 0.3) is 0 Å². The van der Waals surface area contributed by atoms with Crippen LogP contribution in [-0.4, -0.2) is 11.1 Å². The first-order valence-corrected chi connectivity index (χ1v) is 6.48. The van der Waals surface area contributed by atoms with E-state index in [1.165, 1.54) is 23.1 Å². The summed E-state index contributed by atoms with van der Waals surface area (Å²) in [5.41, 5.74) is 0.319. The number of thiophene rings is 1. The summed E-state index contributed by atoms with van der Waals surface area (Å²) in [6.45, 7) is 0. The number of rotatable bonds is 3. The van der Waals surface area contributed by atoms with Gasteiger partial charge >= 0.3 is 5.97 Å². The predicted octanol–water partition coefficient (Wildman–Crippen LogP) is 4.25. The van der Waals surface area contributed by atoms with E-state index in [1.807, 2.05) is 24.3 Å². The molecule has 0 aliphatic carbocycles. The molecule has 2 aromatic rings. The van der Waals surface area contributed by atoms with E-state index in [2.05, 4.69) is 0 Å². The van der Waals surface area contributed by atoms with Crippen molar-refractivity contribution in [3.05, 3.63) is 46.3 Å². The van der Waals surface area contributed by atoms with E-state index >= 15 is 0 Å². The van der Waals surface area contributed by atoms with Gasteiger partial charge in [-0.2, -0.15) is 0 Å². The van der Waals surface area contributed by atoms with Crippen molar-refractivity contribution in [2.75, 3.05) is 0 Å². The summed E-state index contributed by atoms with van der Waals surface area (Å²) in [5, 5.41) is 11.1. The average molecular weight is 271 g/mol. The maximum absolute atomic E-state index is 10.7. The lowest BCUT2D eigenvalue weighted by atomic mass is 10.4. The molecule has 0 bridgehead atoms. The van der Waals surface area contributed by atoms with Gasteiger partial charge in [-0.25, -0.2) is 4.79 Å². The molecule has 0 saturated carbocycles. The van der Waals surface area contributed by atoms with Crippen molar-refractivity contribution >= 4 is 40.7 Å². The van der Waals surface area contributed by atoms with Gasteiger partial charge in [-0.1, -0.05) is 35.5 Å². The van der Waals surface area contributed by atoms with Gasteiger partial charge in [-0.15, -0.1) is 11.3 Å². The van der Waals surface area contributed by atoms with Crippen molar-refractivity contribution in [2.24, 2.45) is 0 Å². The molecule has 1 aromatic heterocycles. The van der Waals surface area contributed by atoms with Gasteiger partial charge in [-0.3, -0.25) is 0 Å². The molecule has 0 fully saturated rings. The largest absolute Gasteiger partial charge is 0.478 e. The fourth-order valence-electron chi connectivity index (χ4n) is 1.12. The fourth-order valence-corrected chi connectivity index (χ4v) is 3.30. The van der Waals surface area contributed by atoms with Crippen LogP contribution in [0.5, 0.6) is 0 Å². The third-order valence-corrected chi connectivity index (χ3v) is 4.47. The van der Waals surface area contributed by atoms with Gasteiger partial charge in [0, 0.05) is 10.3 Å². The molecule has 0 aliphatic heterocycles. The normalized spacial score (nSPS) is 10.3. The molecule has 82 valence electrons. The Morgan fingerprint density at radius 2 is 2.12 bits per heavy atom. The van der Waals surface area contributed by atoms with Crippen molar-refractivity contribution in [1.29, 1.82) is 0 Å². The molecule has 0 radical (unpaired) electrons. The van der Waals surface area contributed by atoms with Crippen LogP contribution in [0.4, 0.5) is 0 Å². The Hall–Kier alpha value is -0.970. The summed E-state index contributed by atoms with van der Waals surface area (Å²) in [5.74, 6) is -0.901. The highest BCUT2D eigenvalue weighted by molar-refractivity contribution is 8.01. The summed E-state index contributed by atoms with van der Waals surface area (Å²) in [6.07, 6.45) is 0. The molecule has 1 aromatic carbocycles. The fraction of sp³-hybridized carbons (Fsp3) is 0.